The van der Waals surface area contributed by atoms with Crippen LogP contribution in [-0.2, 0) is 11.2 Å². The molecule has 0 radical (unpaired) electrons. The number of hydrogen-bond acceptors (Lipinski definition) is 3. The summed E-state index contributed by atoms with van der Waals surface area (Å²) >= 11 is 0. The Bertz CT molecular complexity index is 738. The van der Waals surface area contributed by atoms with Crippen LogP contribution in [0.2, 0.25) is 0 Å². The molecule has 0 bridgehead atoms. The molecule has 1 amide bonds. The van der Waals surface area contributed by atoms with Gasteiger partial charge in [-0.2, -0.15) is 0 Å². The lowest BCUT2D eigenvalue weighted by Gasteiger charge is -2.18. The molecule has 0 aliphatic carbocycles. The Labute approximate surface area is 156 Å². The number of nitrogens with one attached hydrogen (secondary N) is 1. The lowest BCUT2D eigenvalue weighted by molar-refractivity contribution is -0.127. The molecule has 0 fully saturated rings. The molecule has 0 aliphatic rings. The zero-order valence-electron chi connectivity index (χ0n) is 16.4. The predicted octanol–water partition coefficient (Wildman–Crippen LogP) is 4.14. The number of ether oxygens (including phenoxy) is 2. The molecule has 1 N–H and O–H groups in total. The van der Waals surface area contributed by atoms with Crippen LogP contribution in [0, 0.1) is 20.8 Å². The van der Waals surface area contributed by atoms with Gasteiger partial charge in [-0.3, -0.25) is 4.79 Å². The summed E-state index contributed by atoms with van der Waals surface area (Å²) in [4.78, 5) is 12.3. The van der Waals surface area contributed by atoms with Gasteiger partial charge in [-0.05, 0) is 81.0 Å². The van der Waals surface area contributed by atoms with Crippen molar-refractivity contribution in [3.05, 3.63) is 58.7 Å². The number of benzene rings is 2. The first-order valence-electron chi connectivity index (χ1n) is 9.06. The average molecular weight is 355 g/mol. The van der Waals surface area contributed by atoms with Crippen LogP contribution in [0.3, 0.4) is 0 Å². The van der Waals surface area contributed by atoms with E-state index < -0.39 is 6.10 Å². The number of aryl methyl sites for hydroxylation is 3. The molecular weight excluding hydrogens is 326 g/mol. The van der Waals surface area contributed by atoms with E-state index in [-0.39, 0.29) is 5.91 Å². The van der Waals surface area contributed by atoms with Gasteiger partial charge in [-0.25, -0.2) is 0 Å². The topological polar surface area (TPSA) is 47.6 Å². The summed E-state index contributed by atoms with van der Waals surface area (Å²) < 4.78 is 11.0. The van der Waals surface area contributed by atoms with Gasteiger partial charge in [0, 0.05) is 6.54 Å². The molecule has 0 saturated carbocycles. The number of carbonyl (C=O) groups excluding carboxylic acids is 1. The maximum Gasteiger partial charge on any atom is 0.260 e. The molecule has 2 aromatic rings. The van der Waals surface area contributed by atoms with Crippen LogP contribution >= 0.6 is 0 Å². The van der Waals surface area contributed by atoms with Crippen molar-refractivity contribution in [2.75, 3.05) is 13.7 Å². The predicted molar refractivity (Wildman–Crippen MR) is 105 cm³/mol. The highest BCUT2D eigenvalue weighted by atomic mass is 16.5. The first kappa shape index (κ1) is 19.8. The first-order chi connectivity index (χ1) is 12.4. The summed E-state index contributed by atoms with van der Waals surface area (Å²) in [6, 6.07) is 12.1. The highest BCUT2D eigenvalue weighted by Crippen LogP contribution is 2.24. The molecule has 0 aliphatic heterocycles. The van der Waals surface area contributed by atoms with Crippen molar-refractivity contribution >= 4 is 5.91 Å². The van der Waals surface area contributed by atoms with E-state index in [1.807, 2.05) is 32.0 Å². The molecule has 140 valence electrons. The smallest absolute Gasteiger partial charge is 0.260 e. The van der Waals surface area contributed by atoms with Crippen molar-refractivity contribution in [3.63, 3.8) is 0 Å². The van der Waals surface area contributed by atoms with E-state index in [9.17, 15) is 4.79 Å². The second-order valence-electron chi connectivity index (χ2n) is 6.71. The molecule has 0 saturated heterocycles. The fourth-order valence-electron chi connectivity index (χ4n) is 2.81. The Morgan fingerprint density at radius 2 is 1.81 bits per heavy atom. The highest BCUT2D eigenvalue weighted by Gasteiger charge is 2.16. The molecule has 0 heterocycles. The van der Waals surface area contributed by atoms with Crippen molar-refractivity contribution in [1.82, 2.24) is 5.32 Å². The first-order valence-corrected chi connectivity index (χ1v) is 9.06. The number of hydrogen-bond donors (Lipinski definition) is 1. The van der Waals surface area contributed by atoms with Gasteiger partial charge >= 0.3 is 0 Å². The van der Waals surface area contributed by atoms with Crippen molar-refractivity contribution in [2.24, 2.45) is 0 Å². The van der Waals surface area contributed by atoms with E-state index in [0.29, 0.717) is 6.54 Å². The van der Waals surface area contributed by atoms with Gasteiger partial charge in [0.15, 0.2) is 6.10 Å². The zero-order chi connectivity index (χ0) is 19.1. The molecule has 2 aromatic carbocycles. The molecule has 4 nitrogen and oxygen atoms in total. The van der Waals surface area contributed by atoms with Crippen LogP contribution in [0.5, 0.6) is 11.5 Å². The summed E-state index contributed by atoms with van der Waals surface area (Å²) in [5.41, 5.74) is 4.62. The minimum Gasteiger partial charge on any atom is -0.497 e. The van der Waals surface area contributed by atoms with Crippen molar-refractivity contribution in [1.29, 1.82) is 0 Å². The van der Waals surface area contributed by atoms with Crippen molar-refractivity contribution < 1.29 is 14.3 Å². The molecule has 0 unspecified atom stereocenters. The van der Waals surface area contributed by atoms with E-state index in [2.05, 4.69) is 30.4 Å². The number of rotatable bonds is 8. The SMILES string of the molecule is COc1ccc(CCCNC(=O)[C@H](C)Oc2cc(C)cc(C)c2C)cc1. The molecule has 2 rings (SSSR count). The average Bonchev–Trinajstić information content (AvgIpc) is 2.63. The summed E-state index contributed by atoms with van der Waals surface area (Å²) in [6.07, 6.45) is 1.28. The number of methoxy groups -OCH3 is 1. The van der Waals surface area contributed by atoms with Gasteiger partial charge in [0.25, 0.3) is 5.91 Å². The third-order valence-corrected chi connectivity index (χ3v) is 4.54. The third kappa shape index (κ3) is 5.51. The van der Waals surface area contributed by atoms with E-state index >= 15 is 0 Å². The monoisotopic (exact) mass is 355 g/mol. The zero-order valence-corrected chi connectivity index (χ0v) is 16.4. The third-order valence-electron chi connectivity index (χ3n) is 4.54. The minimum absolute atomic E-state index is 0.0849. The lowest BCUT2D eigenvalue weighted by Crippen LogP contribution is -2.37. The van der Waals surface area contributed by atoms with Crippen LogP contribution in [0.1, 0.15) is 35.6 Å². The highest BCUT2D eigenvalue weighted by molar-refractivity contribution is 5.80. The Morgan fingerprint density at radius 1 is 1.12 bits per heavy atom. The Balaban J connectivity index is 1.78. The molecule has 1 atom stereocenters. The lowest BCUT2D eigenvalue weighted by atomic mass is 10.1. The summed E-state index contributed by atoms with van der Waals surface area (Å²) in [5, 5.41) is 2.96. The van der Waals surface area contributed by atoms with Gasteiger partial charge < -0.3 is 14.8 Å². The van der Waals surface area contributed by atoms with Crippen LogP contribution in [0.4, 0.5) is 0 Å². The normalized spacial score (nSPS) is 11.7. The number of amides is 1. The molecule has 0 spiro atoms. The second kappa shape index (κ2) is 9.27. The summed E-state index contributed by atoms with van der Waals surface area (Å²) in [7, 11) is 1.66. The van der Waals surface area contributed by atoms with Gasteiger partial charge in [0.05, 0.1) is 7.11 Å². The molecule has 0 aromatic heterocycles. The van der Waals surface area contributed by atoms with E-state index in [4.69, 9.17) is 9.47 Å². The van der Waals surface area contributed by atoms with E-state index in [1.54, 1.807) is 14.0 Å². The van der Waals surface area contributed by atoms with Crippen molar-refractivity contribution in [2.45, 2.75) is 46.6 Å². The van der Waals surface area contributed by atoms with Gasteiger partial charge in [0.2, 0.25) is 0 Å². The van der Waals surface area contributed by atoms with Gasteiger partial charge in [-0.1, -0.05) is 18.2 Å². The van der Waals surface area contributed by atoms with E-state index in [0.717, 1.165) is 35.5 Å². The summed E-state index contributed by atoms with van der Waals surface area (Å²) in [6.45, 7) is 8.52. The summed E-state index contributed by atoms with van der Waals surface area (Å²) in [5.74, 6) is 1.55. The minimum atomic E-state index is -0.518. The quantitative estimate of drug-likeness (QED) is 0.724. The van der Waals surface area contributed by atoms with Crippen molar-refractivity contribution in [3.8, 4) is 11.5 Å². The second-order valence-corrected chi connectivity index (χ2v) is 6.71. The standard InChI is InChI=1S/C22H29NO3/c1-15-13-16(2)17(3)21(14-15)26-18(4)22(24)23-12-6-7-19-8-10-20(25-5)11-9-19/h8-11,13-14,18H,6-7,12H2,1-5H3,(H,23,24)/t18-/m0/s1. The Hall–Kier alpha value is -2.49. The van der Waals surface area contributed by atoms with Crippen LogP contribution in [0.15, 0.2) is 36.4 Å². The van der Waals surface area contributed by atoms with Crippen LogP contribution < -0.4 is 14.8 Å². The molecular formula is C22H29NO3. The Morgan fingerprint density at radius 3 is 2.46 bits per heavy atom. The van der Waals surface area contributed by atoms with Gasteiger partial charge in [0.1, 0.15) is 11.5 Å². The molecule has 26 heavy (non-hydrogen) atoms. The number of carbonyl (C=O) groups is 1. The Kier molecular flexibility index (Phi) is 7.07. The maximum absolute atomic E-state index is 12.3. The van der Waals surface area contributed by atoms with Gasteiger partial charge in [-0.15, -0.1) is 0 Å². The largest absolute Gasteiger partial charge is 0.497 e. The fraction of sp³-hybridized carbons (Fsp3) is 0.409. The fourth-order valence-corrected chi connectivity index (χ4v) is 2.81. The van der Waals surface area contributed by atoms with Crippen LogP contribution in [0.25, 0.3) is 0 Å². The van der Waals surface area contributed by atoms with Crippen LogP contribution in [-0.4, -0.2) is 25.7 Å². The maximum atomic E-state index is 12.3. The van der Waals surface area contributed by atoms with E-state index in [1.165, 1.54) is 11.1 Å². The molecule has 4 heteroatoms.